The minimum Gasteiger partial charge on any atom is -0.321 e. The van der Waals surface area contributed by atoms with Crippen molar-refractivity contribution in [2.45, 2.75) is 4.90 Å². The standard InChI is InChI=1S/C13H12FN3O3S/c1-15-21(19,20)10-7-5-9(6-8-10)16-13(18)11-3-2-4-12(14)17-11/h2-8,15H,1H3,(H,16,18). The van der Waals surface area contributed by atoms with Gasteiger partial charge in [-0.05, 0) is 43.4 Å². The van der Waals surface area contributed by atoms with Crippen LogP contribution in [0.5, 0.6) is 0 Å². The van der Waals surface area contributed by atoms with Gasteiger partial charge in [0.2, 0.25) is 16.0 Å². The molecule has 2 rings (SSSR count). The van der Waals surface area contributed by atoms with E-state index in [1.54, 1.807) is 0 Å². The van der Waals surface area contributed by atoms with Crippen LogP contribution in [0.25, 0.3) is 0 Å². The summed E-state index contributed by atoms with van der Waals surface area (Å²) in [4.78, 5) is 15.4. The molecule has 0 aliphatic carbocycles. The Labute approximate surface area is 121 Å². The smallest absolute Gasteiger partial charge is 0.274 e. The summed E-state index contributed by atoms with van der Waals surface area (Å²) in [5, 5.41) is 2.50. The molecule has 0 radical (unpaired) electrons. The highest BCUT2D eigenvalue weighted by atomic mass is 32.2. The van der Waals surface area contributed by atoms with Gasteiger partial charge >= 0.3 is 0 Å². The van der Waals surface area contributed by atoms with Gasteiger partial charge in [-0.15, -0.1) is 0 Å². The number of hydrogen-bond donors (Lipinski definition) is 2. The van der Waals surface area contributed by atoms with Crippen LogP contribution in [-0.2, 0) is 10.0 Å². The Balaban J connectivity index is 2.16. The molecule has 1 aromatic heterocycles. The number of nitrogens with one attached hydrogen (secondary N) is 2. The Hall–Kier alpha value is -2.32. The number of carbonyl (C=O) groups is 1. The van der Waals surface area contributed by atoms with Gasteiger partial charge in [-0.25, -0.2) is 18.1 Å². The van der Waals surface area contributed by atoms with Gasteiger partial charge in [0.25, 0.3) is 5.91 Å². The van der Waals surface area contributed by atoms with E-state index in [1.165, 1.54) is 43.4 Å². The normalized spacial score (nSPS) is 11.1. The molecule has 21 heavy (non-hydrogen) atoms. The third kappa shape index (κ3) is 3.61. The molecule has 1 amide bonds. The minimum atomic E-state index is -3.53. The number of rotatable bonds is 4. The molecule has 110 valence electrons. The fourth-order valence-corrected chi connectivity index (χ4v) is 2.30. The van der Waals surface area contributed by atoms with Crippen molar-refractivity contribution in [2.24, 2.45) is 0 Å². The summed E-state index contributed by atoms with van der Waals surface area (Å²) < 4.78 is 38.2. The quantitative estimate of drug-likeness (QED) is 0.835. The number of carbonyl (C=O) groups excluding carboxylic acids is 1. The van der Waals surface area contributed by atoms with Crippen LogP contribution in [0.1, 0.15) is 10.5 Å². The van der Waals surface area contributed by atoms with Gasteiger partial charge in [0.05, 0.1) is 4.90 Å². The van der Waals surface area contributed by atoms with Crippen LogP contribution in [0.2, 0.25) is 0 Å². The SMILES string of the molecule is CNS(=O)(=O)c1ccc(NC(=O)c2cccc(F)n2)cc1. The zero-order chi connectivity index (χ0) is 15.5. The molecular weight excluding hydrogens is 297 g/mol. The fourth-order valence-electron chi connectivity index (χ4n) is 1.57. The maximum atomic E-state index is 12.9. The van der Waals surface area contributed by atoms with E-state index in [9.17, 15) is 17.6 Å². The first-order chi connectivity index (χ1) is 9.92. The van der Waals surface area contributed by atoms with Gasteiger partial charge in [0, 0.05) is 5.69 Å². The van der Waals surface area contributed by atoms with Crippen molar-refractivity contribution in [3.05, 3.63) is 54.1 Å². The number of benzene rings is 1. The largest absolute Gasteiger partial charge is 0.321 e. The second-order valence-corrected chi connectivity index (χ2v) is 5.92. The zero-order valence-corrected chi connectivity index (χ0v) is 11.8. The van der Waals surface area contributed by atoms with Crippen LogP contribution in [-0.4, -0.2) is 26.4 Å². The number of anilines is 1. The van der Waals surface area contributed by atoms with E-state index in [0.29, 0.717) is 5.69 Å². The van der Waals surface area contributed by atoms with Crippen LogP contribution in [0, 0.1) is 5.95 Å². The van der Waals surface area contributed by atoms with Gasteiger partial charge in [-0.3, -0.25) is 4.79 Å². The molecule has 1 heterocycles. The van der Waals surface area contributed by atoms with Crippen LogP contribution in [0.15, 0.2) is 47.4 Å². The third-order valence-corrected chi connectivity index (χ3v) is 4.07. The third-order valence-electron chi connectivity index (χ3n) is 2.64. The molecule has 0 atom stereocenters. The average Bonchev–Trinajstić information content (AvgIpc) is 2.48. The lowest BCUT2D eigenvalue weighted by atomic mass is 10.3. The van der Waals surface area contributed by atoms with Crippen LogP contribution in [0.3, 0.4) is 0 Å². The van der Waals surface area contributed by atoms with Crippen molar-refractivity contribution in [2.75, 3.05) is 12.4 Å². The summed E-state index contributed by atoms with van der Waals surface area (Å²) >= 11 is 0. The first kappa shape index (κ1) is 15.1. The number of nitrogens with zero attached hydrogens (tertiary/aromatic N) is 1. The molecule has 0 bridgehead atoms. The highest BCUT2D eigenvalue weighted by molar-refractivity contribution is 7.89. The summed E-state index contributed by atoms with van der Waals surface area (Å²) in [5.74, 6) is -1.34. The number of halogens is 1. The van der Waals surface area contributed by atoms with E-state index in [-0.39, 0.29) is 10.6 Å². The van der Waals surface area contributed by atoms with Gasteiger partial charge in [0.15, 0.2) is 0 Å². The molecule has 0 spiro atoms. The lowest BCUT2D eigenvalue weighted by Gasteiger charge is -2.06. The highest BCUT2D eigenvalue weighted by Gasteiger charge is 2.12. The maximum Gasteiger partial charge on any atom is 0.274 e. The van der Waals surface area contributed by atoms with Gasteiger partial charge in [0.1, 0.15) is 5.69 Å². The Bertz CT molecular complexity index is 760. The molecule has 0 aliphatic rings. The van der Waals surface area contributed by atoms with E-state index in [2.05, 4.69) is 15.0 Å². The Morgan fingerprint density at radius 2 is 1.81 bits per heavy atom. The average molecular weight is 309 g/mol. The molecule has 0 saturated carbocycles. The summed E-state index contributed by atoms with van der Waals surface area (Å²) in [6.07, 6.45) is 0. The minimum absolute atomic E-state index is 0.0677. The van der Waals surface area contributed by atoms with E-state index in [0.717, 1.165) is 6.07 Å². The molecule has 8 heteroatoms. The number of aromatic nitrogens is 1. The van der Waals surface area contributed by atoms with Gasteiger partial charge in [-0.1, -0.05) is 6.07 Å². The maximum absolute atomic E-state index is 12.9. The van der Waals surface area contributed by atoms with E-state index in [4.69, 9.17) is 0 Å². The van der Waals surface area contributed by atoms with Gasteiger partial charge in [-0.2, -0.15) is 4.39 Å². The van der Waals surface area contributed by atoms with Crippen molar-refractivity contribution < 1.29 is 17.6 Å². The van der Waals surface area contributed by atoms with E-state index in [1.807, 2.05) is 0 Å². The van der Waals surface area contributed by atoms with Crippen molar-refractivity contribution in [3.8, 4) is 0 Å². The Morgan fingerprint density at radius 3 is 2.38 bits per heavy atom. The Morgan fingerprint density at radius 1 is 1.14 bits per heavy atom. The molecule has 1 aromatic carbocycles. The van der Waals surface area contributed by atoms with Crippen molar-refractivity contribution >= 4 is 21.6 Å². The summed E-state index contributed by atoms with van der Waals surface area (Å²) in [5.41, 5.74) is 0.308. The van der Waals surface area contributed by atoms with Crippen LogP contribution < -0.4 is 10.0 Å². The number of sulfonamides is 1. The predicted molar refractivity (Wildman–Crippen MR) is 74.8 cm³/mol. The monoisotopic (exact) mass is 309 g/mol. The highest BCUT2D eigenvalue weighted by Crippen LogP contribution is 2.14. The van der Waals surface area contributed by atoms with E-state index >= 15 is 0 Å². The molecule has 0 saturated heterocycles. The number of amides is 1. The van der Waals surface area contributed by atoms with Crippen molar-refractivity contribution in [3.63, 3.8) is 0 Å². The fraction of sp³-hybridized carbons (Fsp3) is 0.0769. The molecule has 0 unspecified atom stereocenters. The van der Waals surface area contributed by atoms with E-state index < -0.39 is 21.9 Å². The zero-order valence-electron chi connectivity index (χ0n) is 11.0. The summed E-state index contributed by atoms with van der Waals surface area (Å²) in [7, 11) is -2.22. The summed E-state index contributed by atoms with van der Waals surface area (Å²) in [6, 6.07) is 9.44. The molecule has 2 N–H and O–H groups in total. The number of pyridine rings is 1. The Kier molecular flexibility index (Phi) is 4.29. The van der Waals surface area contributed by atoms with Crippen LogP contribution in [0.4, 0.5) is 10.1 Å². The molecule has 0 aliphatic heterocycles. The first-order valence-electron chi connectivity index (χ1n) is 5.90. The second kappa shape index (κ2) is 5.98. The van der Waals surface area contributed by atoms with Crippen molar-refractivity contribution in [1.82, 2.24) is 9.71 Å². The molecular formula is C13H12FN3O3S. The summed E-state index contributed by atoms with van der Waals surface area (Å²) in [6.45, 7) is 0. The lowest BCUT2D eigenvalue weighted by molar-refractivity contribution is 0.102. The molecule has 2 aromatic rings. The number of hydrogen-bond acceptors (Lipinski definition) is 4. The van der Waals surface area contributed by atoms with Gasteiger partial charge < -0.3 is 5.32 Å². The van der Waals surface area contributed by atoms with Crippen molar-refractivity contribution in [1.29, 1.82) is 0 Å². The topological polar surface area (TPSA) is 88.2 Å². The van der Waals surface area contributed by atoms with Crippen LogP contribution >= 0.6 is 0 Å². The molecule has 0 fully saturated rings. The first-order valence-corrected chi connectivity index (χ1v) is 7.38. The molecule has 6 nitrogen and oxygen atoms in total. The predicted octanol–water partition coefficient (Wildman–Crippen LogP) is 1.38. The lowest BCUT2D eigenvalue weighted by Crippen LogP contribution is -2.18. The second-order valence-electron chi connectivity index (χ2n) is 4.03.